The van der Waals surface area contributed by atoms with Crippen LogP contribution in [-0.2, 0) is 0 Å². The minimum atomic E-state index is 1.12. The molecular formula is C9H8S2. The van der Waals surface area contributed by atoms with Gasteiger partial charge in [0.1, 0.15) is 0 Å². The van der Waals surface area contributed by atoms with E-state index in [1.807, 2.05) is 23.1 Å². The highest BCUT2D eigenvalue weighted by Gasteiger charge is 2.02. The largest absolute Gasteiger partial charge is 0.144 e. The van der Waals surface area contributed by atoms with Crippen LogP contribution in [0.5, 0.6) is 0 Å². The first-order valence-corrected chi connectivity index (χ1v) is 5.41. The first-order chi connectivity index (χ1) is 5.47. The number of allylic oxidation sites excluding steroid dienone is 2. The van der Waals surface area contributed by atoms with Crippen molar-refractivity contribution in [2.45, 2.75) is 0 Å². The van der Waals surface area contributed by atoms with Crippen molar-refractivity contribution >= 4 is 28.7 Å². The molecule has 0 unspecified atom stereocenters. The molecule has 0 saturated heterocycles. The van der Waals surface area contributed by atoms with E-state index in [0.29, 0.717) is 0 Å². The minimum Gasteiger partial charge on any atom is -0.144 e. The van der Waals surface area contributed by atoms with Crippen LogP contribution in [-0.4, -0.2) is 5.75 Å². The van der Waals surface area contributed by atoms with Crippen molar-refractivity contribution in [1.29, 1.82) is 0 Å². The van der Waals surface area contributed by atoms with E-state index in [1.165, 1.54) is 10.5 Å². The summed E-state index contributed by atoms with van der Waals surface area (Å²) >= 11 is 3.67. The Balaban J connectivity index is 2.29. The fourth-order valence-electron chi connectivity index (χ4n) is 1.01. The average molecular weight is 180 g/mol. The highest BCUT2D eigenvalue weighted by molar-refractivity contribution is 8.02. The molecular weight excluding hydrogens is 172 g/mol. The molecule has 0 atom stereocenters. The van der Waals surface area contributed by atoms with Crippen molar-refractivity contribution in [3.05, 3.63) is 40.0 Å². The zero-order valence-electron chi connectivity index (χ0n) is 5.99. The lowest BCUT2D eigenvalue weighted by molar-refractivity contribution is 1.71. The SMILES string of the molecule is C1=CSCC(c2cccs2)=C1. The topological polar surface area (TPSA) is 0 Å². The van der Waals surface area contributed by atoms with E-state index >= 15 is 0 Å². The molecule has 1 aliphatic heterocycles. The number of rotatable bonds is 1. The van der Waals surface area contributed by atoms with E-state index in [0.717, 1.165) is 5.75 Å². The molecule has 0 amide bonds. The summed E-state index contributed by atoms with van der Waals surface area (Å²) in [4.78, 5) is 1.40. The van der Waals surface area contributed by atoms with Crippen LogP contribution >= 0.6 is 23.1 Å². The van der Waals surface area contributed by atoms with Gasteiger partial charge in [0.15, 0.2) is 0 Å². The van der Waals surface area contributed by atoms with Crippen molar-refractivity contribution in [2.75, 3.05) is 5.75 Å². The zero-order valence-corrected chi connectivity index (χ0v) is 7.62. The van der Waals surface area contributed by atoms with E-state index in [-0.39, 0.29) is 0 Å². The Morgan fingerprint density at radius 3 is 3.00 bits per heavy atom. The van der Waals surface area contributed by atoms with Crippen LogP contribution < -0.4 is 0 Å². The molecule has 0 saturated carbocycles. The van der Waals surface area contributed by atoms with Gasteiger partial charge in [0.05, 0.1) is 0 Å². The van der Waals surface area contributed by atoms with E-state index in [9.17, 15) is 0 Å². The van der Waals surface area contributed by atoms with Crippen LogP contribution in [0.2, 0.25) is 0 Å². The van der Waals surface area contributed by atoms with Crippen molar-refractivity contribution in [2.24, 2.45) is 0 Å². The highest BCUT2D eigenvalue weighted by Crippen LogP contribution is 2.27. The fraction of sp³-hybridized carbons (Fsp3) is 0.111. The maximum absolute atomic E-state index is 2.20. The molecule has 1 aromatic heterocycles. The lowest BCUT2D eigenvalue weighted by Crippen LogP contribution is -1.85. The third-order valence-corrected chi connectivity index (χ3v) is 3.32. The van der Waals surface area contributed by atoms with Gasteiger partial charge in [-0.3, -0.25) is 0 Å². The van der Waals surface area contributed by atoms with Gasteiger partial charge in [0.2, 0.25) is 0 Å². The quantitative estimate of drug-likeness (QED) is 0.638. The Labute approximate surface area is 74.6 Å². The zero-order chi connectivity index (χ0) is 7.52. The summed E-state index contributed by atoms with van der Waals surface area (Å²) in [6.45, 7) is 0. The second kappa shape index (κ2) is 3.28. The summed E-state index contributed by atoms with van der Waals surface area (Å²) in [5.74, 6) is 1.12. The number of hydrogen-bond acceptors (Lipinski definition) is 2. The maximum Gasteiger partial charge on any atom is 0.0310 e. The molecule has 0 spiro atoms. The van der Waals surface area contributed by atoms with Crippen molar-refractivity contribution in [3.63, 3.8) is 0 Å². The minimum absolute atomic E-state index is 1.12. The standard InChI is InChI=1S/C9H8S2/c1-3-8(7-10-5-1)9-4-2-6-11-9/h1-6H,7H2. The second-order valence-electron chi connectivity index (χ2n) is 2.31. The number of thioether (sulfide) groups is 1. The molecule has 0 fully saturated rings. The maximum atomic E-state index is 2.20. The molecule has 56 valence electrons. The summed E-state index contributed by atoms with van der Waals surface area (Å²) in [5.41, 5.74) is 1.45. The van der Waals surface area contributed by atoms with Crippen LogP contribution in [0.3, 0.4) is 0 Å². The molecule has 0 nitrogen and oxygen atoms in total. The van der Waals surface area contributed by atoms with Crippen molar-refractivity contribution < 1.29 is 0 Å². The lowest BCUT2D eigenvalue weighted by Gasteiger charge is -2.04. The van der Waals surface area contributed by atoms with Crippen molar-refractivity contribution in [3.8, 4) is 0 Å². The summed E-state index contributed by atoms with van der Waals surface area (Å²) in [6.07, 6.45) is 4.31. The van der Waals surface area contributed by atoms with Crippen LogP contribution in [0.4, 0.5) is 0 Å². The average Bonchev–Trinajstić information content (AvgIpc) is 2.58. The van der Waals surface area contributed by atoms with Gasteiger partial charge in [-0.05, 0) is 22.4 Å². The van der Waals surface area contributed by atoms with Gasteiger partial charge in [-0.25, -0.2) is 0 Å². The Morgan fingerprint density at radius 2 is 2.36 bits per heavy atom. The van der Waals surface area contributed by atoms with Crippen LogP contribution in [0.15, 0.2) is 35.1 Å². The van der Waals surface area contributed by atoms with Gasteiger partial charge in [-0.1, -0.05) is 18.2 Å². The summed E-state index contributed by atoms with van der Waals surface area (Å²) < 4.78 is 0. The Kier molecular flexibility index (Phi) is 2.15. The van der Waals surface area contributed by atoms with Gasteiger partial charge in [-0.2, -0.15) is 0 Å². The molecule has 11 heavy (non-hydrogen) atoms. The van der Waals surface area contributed by atoms with Gasteiger partial charge in [-0.15, -0.1) is 23.1 Å². The highest BCUT2D eigenvalue weighted by atomic mass is 32.2. The molecule has 0 bridgehead atoms. The third kappa shape index (κ3) is 1.57. The van der Waals surface area contributed by atoms with Crippen LogP contribution in [0, 0.1) is 0 Å². The second-order valence-corrected chi connectivity index (χ2v) is 4.15. The summed E-state index contributed by atoms with van der Waals surface area (Å²) in [6, 6.07) is 4.28. The monoisotopic (exact) mass is 180 g/mol. The third-order valence-electron chi connectivity index (χ3n) is 1.55. The molecule has 0 aromatic carbocycles. The first kappa shape index (κ1) is 7.19. The van der Waals surface area contributed by atoms with Gasteiger partial charge < -0.3 is 0 Å². The summed E-state index contributed by atoms with van der Waals surface area (Å²) in [5, 5.41) is 4.26. The summed E-state index contributed by atoms with van der Waals surface area (Å²) in [7, 11) is 0. The van der Waals surface area contributed by atoms with Gasteiger partial charge >= 0.3 is 0 Å². The van der Waals surface area contributed by atoms with Crippen LogP contribution in [0.25, 0.3) is 5.57 Å². The van der Waals surface area contributed by atoms with E-state index in [1.54, 1.807) is 0 Å². The Bertz CT molecular complexity index is 281. The molecule has 1 aromatic rings. The fourth-order valence-corrected chi connectivity index (χ4v) is 2.57. The molecule has 2 rings (SSSR count). The molecule has 0 aliphatic carbocycles. The first-order valence-electron chi connectivity index (χ1n) is 3.48. The van der Waals surface area contributed by atoms with Gasteiger partial charge in [0, 0.05) is 10.6 Å². The van der Waals surface area contributed by atoms with Crippen molar-refractivity contribution in [1.82, 2.24) is 0 Å². The van der Waals surface area contributed by atoms with E-state index < -0.39 is 0 Å². The molecule has 1 aliphatic rings. The molecule has 0 radical (unpaired) electrons. The number of thiophene rings is 1. The van der Waals surface area contributed by atoms with E-state index in [2.05, 4.69) is 35.1 Å². The normalized spacial score (nSPS) is 16.5. The van der Waals surface area contributed by atoms with E-state index in [4.69, 9.17) is 0 Å². The smallest absolute Gasteiger partial charge is 0.0310 e. The molecule has 0 N–H and O–H groups in total. The molecule has 2 heterocycles. The van der Waals surface area contributed by atoms with Crippen LogP contribution in [0.1, 0.15) is 4.88 Å². The Hall–Kier alpha value is -0.470. The predicted octanol–water partition coefficient (Wildman–Crippen LogP) is 3.39. The predicted molar refractivity (Wildman–Crippen MR) is 53.9 cm³/mol. The molecule has 2 heteroatoms. The van der Waals surface area contributed by atoms with Gasteiger partial charge in [0.25, 0.3) is 0 Å². The lowest BCUT2D eigenvalue weighted by atomic mass is 10.2. The Morgan fingerprint density at radius 1 is 1.36 bits per heavy atom. The number of hydrogen-bond donors (Lipinski definition) is 0.